The lowest BCUT2D eigenvalue weighted by molar-refractivity contribution is 0.0948. The molecule has 2 aromatic rings. The molecule has 114 valence electrons. The third-order valence-corrected chi connectivity index (χ3v) is 5.09. The van der Waals surface area contributed by atoms with Crippen molar-refractivity contribution in [1.82, 2.24) is 10.3 Å². The Labute approximate surface area is 127 Å². The van der Waals surface area contributed by atoms with Crippen LogP contribution in [0.5, 0.6) is 0 Å². The van der Waals surface area contributed by atoms with Gasteiger partial charge < -0.3 is 11.1 Å². The van der Waals surface area contributed by atoms with Gasteiger partial charge in [0.2, 0.25) is 0 Å². The molecule has 3 N–H and O–H groups in total. The molecule has 0 spiro atoms. The third kappa shape index (κ3) is 3.70. The van der Waals surface area contributed by atoms with Gasteiger partial charge in [-0.2, -0.15) is 0 Å². The Balaban J connectivity index is 2.25. The summed E-state index contributed by atoms with van der Waals surface area (Å²) in [4.78, 5) is 17.6. The lowest BCUT2D eigenvalue weighted by Crippen LogP contribution is -2.37. The predicted octanol–water partition coefficient (Wildman–Crippen LogP) is 1.35. The average molecular weight is 327 g/mol. The van der Waals surface area contributed by atoms with E-state index >= 15 is 0 Å². The Bertz CT molecular complexity index is 796. The van der Waals surface area contributed by atoms with Gasteiger partial charge in [0, 0.05) is 23.4 Å². The highest BCUT2D eigenvalue weighted by Gasteiger charge is 2.20. The number of carbonyl (C=O) groups is 1. The number of pyridine rings is 1. The molecule has 2 heterocycles. The van der Waals surface area contributed by atoms with Crippen molar-refractivity contribution in [1.29, 1.82) is 0 Å². The molecule has 0 aliphatic rings. The van der Waals surface area contributed by atoms with Crippen LogP contribution in [0.2, 0.25) is 0 Å². The molecule has 2 rings (SSSR count). The van der Waals surface area contributed by atoms with Gasteiger partial charge in [0.1, 0.15) is 19.5 Å². The predicted molar refractivity (Wildman–Crippen MR) is 85.4 cm³/mol. The van der Waals surface area contributed by atoms with Crippen molar-refractivity contribution in [3.63, 3.8) is 0 Å². The summed E-state index contributed by atoms with van der Waals surface area (Å²) >= 11 is 1.21. The van der Waals surface area contributed by atoms with Crippen molar-refractivity contribution in [3.8, 4) is 0 Å². The molecule has 0 saturated carbocycles. The number of aromatic nitrogens is 1. The van der Waals surface area contributed by atoms with Crippen LogP contribution in [0.15, 0.2) is 12.1 Å². The quantitative estimate of drug-likeness (QED) is 0.882. The first-order valence-electron chi connectivity index (χ1n) is 6.31. The number of nitrogen functional groups attached to an aromatic ring is 1. The zero-order valence-corrected chi connectivity index (χ0v) is 13.6. The highest BCUT2D eigenvalue weighted by atomic mass is 32.2. The Morgan fingerprint density at radius 2 is 2.14 bits per heavy atom. The van der Waals surface area contributed by atoms with Gasteiger partial charge >= 0.3 is 0 Å². The normalized spacial score (nSPS) is 13.3. The van der Waals surface area contributed by atoms with E-state index in [1.807, 2.05) is 19.1 Å². The second kappa shape index (κ2) is 5.61. The Morgan fingerprint density at radius 3 is 2.76 bits per heavy atom. The summed E-state index contributed by atoms with van der Waals surface area (Å²) in [6.45, 7) is 3.51. The monoisotopic (exact) mass is 327 g/mol. The Hall–Kier alpha value is -1.67. The largest absolute Gasteiger partial charge is 0.397 e. The first kappa shape index (κ1) is 15.7. The number of aryl methyl sites for hydroxylation is 1. The Kier molecular flexibility index (Phi) is 4.20. The van der Waals surface area contributed by atoms with Crippen LogP contribution in [0.25, 0.3) is 10.2 Å². The first-order valence-corrected chi connectivity index (χ1v) is 9.19. The van der Waals surface area contributed by atoms with Gasteiger partial charge in [-0.15, -0.1) is 11.3 Å². The molecule has 1 atom stereocenters. The number of nitrogens with one attached hydrogen (secondary N) is 1. The van der Waals surface area contributed by atoms with Crippen LogP contribution < -0.4 is 11.1 Å². The standard InChI is InChI=1S/C13H17N3O3S2/c1-7-4-5-9-10(14)11(20-13(9)16-7)12(17)15-8(2)6-21(3,18)19/h4-5,8H,6,14H2,1-3H3,(H,15,17). The van der Waals surface area contributed by atoms with Crippen LogP contribution in [0.1, 0.15) is 22.3 Å². The highest BCUT2D eigenvalue weighted by Crippen LogP contribution is 2.32. The molecule has 0 radical (unpaired) electrons. The molecule has 6 nitrogen and oxygen atoms in total. The summed E-state index contributed by atoms with van der Waals surface area (Å²) in [5, 5.41) is 3.40. The molecule has 21 heavy (non-hydrogen) atoms. The van der Waals surface area contributed by atoms with E-state index in [4.69, 9.17) is 5.73 Å². The van der Waals surface area contributed by atoms with Crippen molar-refractivity contribution in [3.05, 3.63) is 22.7 Å². The summed E-state index contributed by atoms with van der Waals surface area (Å²) in [6, 6.07) is 3.19. The fraction of sp³-hybridized carbons (Fsp3) is 0.385. The van der Waals surface area contributed by atoms with E-state index in [0.29, 0.717) is 15.4 Å². The number of hydrogen-bond acceptors (Lipinski definition) is 6. The molecule has 8 heteroatoms. The van der Waals surface area contributed by atoms with Crippen molar-refractivity contribution < 1.29 is 13.2 Å². The zero-order valence-electron chi connectivity index (χ0n) is 12.0. The fourth-order valence-electron chi connectivity index (χ4n) is 2.04. The molecule has 0 aromatic carbocycles. The zero-order chi connectivity index (χ0) is 15.8. The van der Waals surface area contributed by atoms with Gasteiger partial charge in [-0.1, -0.05) is 0 Å². The van der Waals surface area contributed by atoms with E-state index in [1.54, 1.807) is 6.92 Å². The summed E-state index contributed by atoms with van der Waals surface area (Å²) in [6.07, 6.45) is 1.14. The third-order valence-electron chi connectivity index (χ3n) is 2.87. The molecule has 1 amide bonds. The fourth-order valence-corrected chi connectivity index (χ4v) is 4.08. The van der Waals surface area contributed by atoms with Crippen molar-refractivity contribution in [2.75, 3.05) is 17.7 Å². The highest BCUT2D eigenvalue weighted by molar-refractivity contribution is 7.90. The molecule has 0 aliphatic carbocycles. The van der Waals surface area contributed by atoms with Gasteiger partial charge in [0.25, 0.3) is 5.91 Å². The number of sulfone groups is 1. The number of thiophene rings is 1. The molecule has 2 aromatic heterocycles. The topological polar surface area (TPSA) is 102 Å². The second-order valence-electron chi connectivity index (χ2n) is 5.12. The lowest BCUT2D eigenvalue weighted by Gasteiger charge is -2.12. The maximum atomic E-state index is 12.2. The number of hydrogen-bond donors (Lipinski definition) is 2. The molecule has 0 saturated heterocycles. The van der Waals surface area contributed by atoms with E-state index < -0.39 is 15.9 Å². The van der Waals surface area contributed by atoms with Gasteiger partial charge in [0.05, 0.1) is 11.4 Å². The van der Waals surface area contributed by atoms with Gasteiger partial charge in [0.15, 0.2) is 0 Å². The van der Waals surface area contributed by atoms with Crippen LogP contribution in [-0.4, -0.2) is 37.4 Å². The van der Waals surface area contributed by atoms with Gasteiger partial charge in [-0.3, -0.25) is 4.79 Å². The molecule has 0 bridgehead atoms. The number of rotatable bonds is 4. The van der Waals surface area contributed by atoms with Crippen LogP contribution >= 0.6 is 11.3 Å². The number of nitrogens with zero attached hydrogens (tertiary/aromatic N) is 1. The minimum Gasteiger partial charge on any atom is -0.397 e. The van der Waals surface area contributed by atoms with Crippen LogP contribution in [0, 0.1) is 6.92 Å². The van der Waals surface area contributed by atoms with Crippen LogP contribution in [0.4, 0.5) is 5.69 Å². The molecule has 0 fully saturated rings. The van der Waals surface area contributed by atoms with Gasteiger partial charge in [-0.05, 0) is 26.0 Å². The minimum atomic E-state index is -3.15. The molecule has 1 unspecified atom stereocenters. The summed E-state index contributed by atoms with van der Waals surface area (Å²) < 4.78 is 22.4. The number of nitrogens with two attached hydrogens (primary N) is 1. The van der Waals surface area contributed by atoms with E-state index in [0.717, 1.165) is 17.3 Å². The van der Waals surface area contributed by atoms with Crippen LogP contribution in [-0.2, 0) is 9.84 Å². The molecular formula is C13H17N3O3S2. The summed E-state index contributed by atoms with van der Waals surface area (Å²) in [7, 11) is -3.15. The average Bonchev–Trinajstić information content (AvgIpc) is 2.63. The smallest absolute Gasteiger partial charge is 0.263 e. The summed E-state index contributed by atoms with van der Waals surface area (Å²) in [5.41, 5.74) is 7.21. The second-order valence-corrected chi connectivity index (χ2v) is 8.30. The minimum absolute atomic E-state index is 0.110. The molecular weight excluding hydrogens is 310 g/mol. The van der Waals surface area contributed by atoms with Crippen molar-refractivity contribution in [2.24, 2.45) is 0 Å². The Morgan fingerprint density at radius 1 is 1.48 bits per heavy atom. The van der Waals surface area contributed by atoms with E-state index in [2.05, 4.69) is 10.3 Å². The maximum absolute atomic E-state index is 12.2. The number of anilines is 1. The first-order chi connectivity index (χ1) is 9.67. The van der Waals surface area contributed by atoms with Crippen molar-refractivity contribution in [2.45, 2.75) is 19.9 Å². The summed E-state index contributed by atoms with van der Waals surface area (Å²) in [5.74, 6) is -0.481. The lowest BCUT2D eigenvalue weighted by atomic mass is 10.2. The van der Waals surface area contributed by atoms with Crippen LogP contribution in [0.3, 0.4) is 0 Å². The van der Waals surface area contributed by atoms with E-state index in [1.165, 1.54) is 11.3 Å². The van der Waals surface area contributed by atoms with E-state index in [-0.39, 0.29) is 11.7 Å². The van der Waals surface area contributed by atoms with Gasteiger partial charge in [-0.25, -0.2) is 13.4 Å². The van der Waals surface area contributed by atoms with E-state index in [9.17, 15) is 13.2 Å². The SMILES string of the molecule is Cc1ccc2c(N)c(C(=O)NC(C)CS(C)(=O)=O)sc2n1. The maximum Gasteiger partial charge on any atom is 0.263 e. The molecule has 0 aliphatic heterocycles. The number of fused-ring (bicyclic) bond motifs is 1. The number of amides is 1. The van der Waals surface area contributed by atoms with Crippen molar-refractivity contribution >= 4 is 43.0 Å². The number of carbonyl (C=O) groups excluding carboxylic acids is 1.